The first kappa shape index (κ1) is 18.9. The predicted molar refractivity (Wildman–Crippen MR) is 104 cm³/mol. The molecule has 1 unspecified atom stereocenters. The van der Waals surface area contributed by atoms with Gasteiger partial charge in [0.2, 0.25) is 11.8 Å². The van der Waals surface area contributed by atoms with Crippen LogP contribution in [0.5, 0.6) is 0 Å². The molecule has 1 aromatic rings. The van der Waals surface area contributed by atoms with Gasteiger partial charge in [-0.05, 0) is 56.3 Å². The maximum atomic E-state index is 12.7. The van der Waals surface area contributed by atoms with E-state index >= 15 is 0 Å². The second kappa shape index (κ2) is 8.67. The summed E-state index contributed by atoms with van der Waals surface area (Å²) in [4.78, 5) is 29.2. The molecule has 1 N–H and O–H groups in total. The van der Waals surface area contributed by atoms with E-state index in [2.05, 4.69) is 24.1 Å². The van der Waals surface area contributed by atoms with Crippen LogP contribution in [-0.2, 0) is 9.59 Å². The topological polar surface area (TPSA) is 52.7 Å². The molecule has 2 amide bonds. The Kier molecular flexibility index (Phi) is 6.30. The van der Waals surface area contributed by atoms with Crippen LogP contribution >= 0.6 is 0 Å². The lowest BCUT2D eigenvalue weighted by molar-refractivity contribution is -0.124. The number of hydrogen-bond acceptors (Lipinski definition) is 3. The van der Waals surface area contributed by atoms with Crippen molar-refractivity contribution in [1.29, 1.82) is 0 Å². The Morgan fingerprint density at radius 1 is 1.15 bits per heavy atom. The van der Waals surface area contributed by atoms with Crippen LogP contribution in [-0.4, -0.2) is 48.9 Å². The van der Waals surface area contributed by atoms with Gasteiger partial charge in [-0.25, -0.2) is 0 Å². The van der Waals surface area contributed by atoms with Gasteiger partial charge in [-0.2, -0.15) is 0 Å². The molecule has 142 valence electrons. The molecular formula is C21H31N3O2. The largest absolute Gasteiger partial charge is 0.354 e. The highest BCUT2D eigenvalue weighted by molar-refractivity contribution is 6.03. The molecular weight excluding hydrogens is 326 g/mol. The Balaban J connectivity index is 1.50. The first-order chi connectivity index (χ1) is 12.5. The molecule has 0 aromatic heterocycles. The van der Waals surface area contributed by atoms with Crippen LogP contribution in [0, 0.1) is 11.8 Å². The third kappa shape index (κ3) is 4.64. The van der Waals surface area contributed by atoms with E-state index in [1.807, 2.05) is 30.3 Å². The molecule has 0 saturated carbocycles. The van der Waals surface area contributed by atoms with Crippen molar-refractivity contribution >= 4 is 17.5 Å². The normalized spacial score (nSPS) is 22.2. The van der Waals surface area contributed by atoms with Gasteiger partial charge in [0.25, 0.3) is 0 Å². The maximum Gasteiger partial charge on any atom is 0.243 e. The van der Waals surface area contributed by atoms with Gasteiger partial charge in [-0.3, -0.25) is 14.5 Å². The summed E-state index contributed by atoms with van der Waals surface area (Å²) in [6.45, 7) is 8.64. The van der Waals surface area contributed by atoms with Crippen LogP contribution in [0.4, 0.5) is 5.69 Å². The minimum Gasteiger partial charge on any atom is -0.354 e. The molecule has 2 fully saturated rings. The minimum absolute atomic E-state index is 0.00990. The Bertz CT molecular complexity index is 609. The van der Waals surface area contributed by atoms with Gasteiger partial charge in [-0.15, -0.1) is 0 Å². The summed E-state index contributed by atoms with van der Waals surface area (Å²) in [6, 6.07) is 9.15. The van der Waals surface area contributed by atoms with E-state index in [9.17, 15) is 9.59 Å². The summed E-state index contributed by atoms with van der Waals surface area (Å²) >= 11 is 0. The van der Waals surface area contributed by atoms with Crippen molar-refractivity contribution in [1.82, 2.24) is 10.2 Å². The summed E-state index contributed by atoms with van der Waals surface area (Å²) in [5, 5.41) is 3.12. The number of carbonyl (C=O) groups excluding carboxylic acids is 2. The number of likely N-dealkylation sites (tertiary alicyclic amines) is 1. The number of nitrogens with zero attached hydrogens (tertiary/aromatic N) is 2. The molecule has 5 nitrogen and oxygen atoms in total. The van der Waals surface area contributed by atoms with Crippen LogP contribution < -0.4 is 10.2 Å². The lowest BCUT2D eigenvalue weighted by atomic mass is 9.96. The third-order valence-electron chi connectivity index (χ3n) is 5.44. The van der Waals surface area contributed by atoms with Crippen LogP contribution in [0.15, 0.2) is 30.3 Å². The number of anilines is 1. The SMILES string of the molecule is CC(C)CN1CCC(CNC(=O)C2CCC(=O)N2c2ccccc2)CC1. The van der Waals surface area contributed by atoms with E-state index < -0.39 is 0 Å². The van der Waals surface area contributed by atoms with Crippen LogP contribution in [0.2, 0.25) is 0 Å². The van der Waals surface area contributed by atoms with Crippen molar-refractivity contribution in [3.05, 3.63) is 30.3 Å². The van der Waals surface area contributed by atoms with Crippen molar-refractivity contribution in [3.8, 4) is 0 Å². The van der Waals surface area contributed by atoms with Crippen molar-refractivity contribution in [2.45, 2.75) is 45.6 Å². The molecule has 26 heavy (non-hydrogen) atoms. The highest BCUT2D eigenvalue weighted by Gasteiger charge is 2.37. The molecule has 1 aromatic carbocycles. The molecule has 0 spiro atoms. The summed E-state index contributed by atoms with van der Waals surface area (Å²) in [7, 11) is 0. The molecule has 2 aliphatic heterocycles. The van der Waals surface area contributed by atoms with E-state index in [0.717, 1.165) is 44.7 Å². The first-order valence-corrected chi connectivity index (χ1v) is 9.91. The smallest absolute Gasteiger partial charge is 0.243 e. The molecule has 1 atom stereocenters. The Morgan fingerprint density at radius 3 is 2.50 bits per heavy atom. The Labute approximate surface area is 156 Å². The van der Waals surface area contributed by atoms with E-state index in [0.29, 0.717) is 24.7 Å². The number of nitrogens with one attached hydrogen (secondary N) is 1. The second-order valence-corrected chi connectivity index (χ2v) is 8.04. The molecule has 3 rings (SSSR count). The Morgan fingerprint density at radius 2 is 1.85 bits per heavy atom. The van der Waals surface area contributed by atoms with Gasteiger partial charge < -0.3 is 10.2 Å². The van der Waals surface area contributed by atoms with Crippen molar-refractivity contribution < 1.29 is 9.59 Å². The summed E-state index contributed by atoms with van der Waals surface area (Å²) < 4.78 is 0. The number of piperidine rings is 1. The fraction of sp³-hybridized carbons (Fsp3) is 0.619. The van der Waals surface area contributed by atoms with Gasteiger partial charge in [-0.1, -0.05) is 32.0 Å². The van der Waals surface area contributed by atoms with E-state index in [-0.39, 0.29) is 17.9 Å². The lowest BCUT2D eigenvalue weighted by Crippen LogP contribution is -2.47. The van der Waals surface area contributed by atoms with Gasteiger partial charge in [0, 0.05) is 25.2 Å². The van der Waals surface area contributed by atoms with Gasteiger partial charge in [0.05, 0.1) is 0 Å². The van der Waals surface area contributed by atoms with Gasteiger partial charge in [0.1, 0.15) is 6.04 Å². The molecule has 5 heteroatoms. The molecule has 2 saturated heterocycles. The third-order valence-corrected chi connectivity index (χ3v) is 5.44. The number of rotatable bonds is 6. The van der Waals surface area contributed by atoms with Crippen LogP contribution in [0.25, 0.3) is 0 Å². The standard InChI is InChI=1S/C21H31N3O2/c1-16(2)15-23-12-10-17(11-13-23)14-22-21(26)19-8-9-20(25)24(19)18-6-4-3-5-7-18/h3-7,16-17,19H,8-15H2,1-2H3,(H,22,26). The fourth-order valence-corrected chi connectivity index (χ4v) is 4.10. The zero-order chi connectivity index (χ0) is 18.5. The fourth-order valence-electron chi connectivity index (χ4n) is 4.10. The molecule has 2 heterocycles. The Hall–Kier alpha value is -1.88. The monoisotopic (exact) mass is 357 g/mol. The van der Waals surface area contributed by atoms with Crippen molar-refractivity contribution in [3.63, 3.8) is 0 Å². The first-order valence-electron chi connectivity index (χ1n) is 9.91. The number of para-hydroxylation sites is 1. The highest BCUT2D eigenvalue weighted by atomic mass is 16.2. The second-order valence-electron chi connectivity index (χ2n) is 8.04. The van der Waals surface area contributed by atoms with Crippen molar-refractivity contribution in [2.24, 2.45) is 11.8 Å². The molecule has 2 aliphatic rings. The van der Waals surface area contributed by atoms with Crippen LogP contribution in [0.1, 0.15) is 39.5 Å². The van der Waals surface area contributed by atoms with Gasteiger partial charge >= 0.3 is 0 Å². The molecule has 0 bridgehead atoms. The summed E-state index contributed by atoms with van der Waals surface area (Å²) in [6.07, 6.45) is 3.32. The average molecular weight is 357 g/mol. The number of hydrogen-bond donors (Lipinski definition) is 1. The van der Waals surface area contributed by atoms with E-state index in [1.165, 1.54) is 0 Å². The molecule has 0 radical (unpaired) electrons. The lowest BCUT2D eigenvalue weighted by Gasteiger charge is -2.33. The van der Waals surface area contributed by atoms with Gasteiger partial charge in [0.15, 0.2) is 0 Å². The number of amides is 2. The van der Waals surface area contributed by atoms with E-state index in [4.69, 9.17) is 0 Å². The molecule has 0 aliphatic carbocycles. The maximum absolute atomic E-state index is 12.7. The zero-order valence-corrected chi connectivity index (χ0v) is 16.0. The predicted octanol–water partition coefficient (Wildman–Crippen LogP) is 2.67. The highest BCUT2D eigenvalue weighted by Crippen LogP contribution is 2.26. The number of carbonyl (C=O) groups is 2. The zero-order valence-electron chi connectivity index (χ0n) is 16.0. The summed E-state index contributed by atoms with van der Waals surface area (Å²) in [5.41, 5.74) is 0.817. The van der Waals surface area contributed by atoms with Crippen molar-refractivity contribution in [2.75, 3.05) is 31.1 Å². The minimum atomic E-state index is -0.370. The quantitative estimate of drug-likeness (QED) is 0.852. The average Bonchev–Trinajstić information content (AvgIpc) is 3.03. The van der Waals surface area contributed by atoms with Crippen LogP contribution in [0.3, 0.4) is 0 Å². The van der Waals surface area contributed by atoms with E-state index in [1.54, 1.807) is 4.90 Å². The number of benzene rings is 1. The summed E-state index contributed by atoms with van der Waals surface area (Å²) in [5.74, 6) is 1.28.